The van der Waals surface area contributed by atoms with Crippen molar-refractivity contribution >= 4 is 10.0 Å². The summed E-state index contributed by atoms with van der Waals surface area (Å²) in [4.78, 5) is 22.7. The van der Waals surface area contributed by atoms with Crippen molar-refractivity contribution < 1.29 is 23.7 Å². The number of rotatable bonds is 6. The topological polar surface area (TPSA) is 151 Å². The van der Waals surface area contributed by atoms with E-state index in [1.54, 1.807) is 0 Å². The molecule has 0 radical (unpaired) electrons. The van der Waals surface area contributed by atoms with E-state index in [0.717, 1.165) is 17.8 Å². The van der Waals surface area contributed by atoms with Crippen molar-refractivity contribution in [2.75, 3.05) is 19.8 Å². The van der Waals surface area contributed by atoms with Crippen molar-refractivity contribution in [2.24, 2.45) is 14.1 Å². The lowest BCUT2D eigenvalue weighted by atomic mass is 10.1. The van der Waals surface area contributed by atoms with Gasteiger partial charge in [0.1, 0.15) is 5.54 Å². The molecule has 1 heterocycles. The van der Waals surface area contributed by atoms with Crippen molar-refractivity contribution in [1.29, 1.82) is 0 Å². The quantitative estimate of drug-likeness (QED) is 0.417. The SMILES string of the molecule is Cn1cc(S(=O)(=O)NC(CO)(CO)CO)c(=O)n(C)c1=O. The third kappa shape index (κ3) is 3.22. The summed E-state index contributed by atoms with van der Waals surface area (Å²) in [6, 6.07) is 0. The molecule has 0 saturated carbocycles. The molecule has 1 rings (SSSR count). The van der Waals surface area contributed by atoms with E-state index in [-0.39, 0.29) is 0 Å². The van der Waals surface area contributed by atoms with E-state index >= 15 is 0 Å². The molecule has 0 aliphatic heterocycles. The van der Waals surface area contributed by atoms with Crippen LogP contribution in [0.5, 0.6) is 0 Å². The molecular weight excluding hydrogens is 306 g/mol. The first-order valence-electron chi connectivity index (χ1n) is 5.77. The standard InChI is InChI=1S/C10H17N3O7S/c1-12-3-7(8(17)13(2)9(12)18)21(19,20)11-10(4-14,5-15)6-16/h3,11,14-16H,4-6H2,1-2H3. The van der Waals surface area contributed by atoms with E-state index in [0.29, 0.717) is 4.57 Å². The average Bonchev–Trinajstić information content (AvgIpc) is 2.46. The van der Waals surface area contributed by atoms with Crippen LogP contribution in [0, 0.1) is 0 Å². The molecule has 0 spiro atoms. The van der Waals surface area contributed by atoms with Crippen molar-refractivity contribution in [3.8, 4) is 0 Å². The molecule has 120 valence electrons. The van der Waals surface area contributed by atoms with Crippen molar-refractivity contribution in [1.82, 2.24) is 13.9 Å². The molecule has 0 bridgehead atoms. The van der Waals surface area contributed by atoms with Crippen molar-refractivity contribution in [3.63, 3.8) is 0 Å². The summed E-state index contributed by atoms with van der Waals surface area (Å²) in [5, 5.41) is 27.4. The van der Waals surface area contributed by atoms with Gasteiger partial charge in [-0.1, -0.05) is 0 Å². The molecule has 0 atom stereocenters. The molecule has 0 unspecified atom stereocenters. The summed E-state index contributed by atoms with van der Waals surface area (Å²) >= 11 is 0. The van der Waals surface area contributed by atoms with E-state index in [4.69, 9.17) is 15.3 Å². The number of hydrogen-bond acceptors (Lipinski definition) is 7. The Morgan fingerprint density at radius 1 is 1.14 bits per heavy atom. The Balaban J connectivity index is 3.47. The first-order chi connectivity index (χ1) is 9.64. The Bertz CT molecular complexity index is 722. The van der Waals surface area contributed by atoms with Crippen LogP contribution in [0.4, 0.5) is 0 Å². The highest BCUT2D eigenvalue weighted by molar-refractivity contribution is 7.89. The van der Waals surface area contributed by atoms with Crippen LogP contribution in [-0.2, 0) is 24.1 Å². The highest BCUT2D eigenvalue weighted by Gasteiger charge is 2.35. The zero-order chi connectivity index (χ0) is 16.4. The molecule has 0 aromatic carbocycles. The molecule has 0 saturated heterocycles. The lowest BCUT2D eigenvalue weighted by molar-refractivity contribution is 0.0581. The molecule has 10 nitrogen and oxygen atoms in total. The maximum absolute atomic E-state index is 12.2. The Kier molecular flexibility index (Phi) is 5.07. The Morgan fingerprint density at radius 3 is 2.05 bits per heavy atom. The lowest BCUT2D eigenvalue weighted by Crippen LogP contribution is -2.57. The Hall–Kier alpha value is -1.53. The van der Waals surface area contributed by atoms with Gasteiger partial charge in [-0.15, -0.1) is 0 Å². The van der Waals surface area contributed by atoms with Crippen molar-refractivity contribution in [2.45, 2.75) is 10.4 Å². The second kappa shape index (κ2) is 6.07. The van der Waals surface area contributed by atoms with E-state index in [1.807, 2.05) is 4.72 Å². The molecule has 11 heteroatoms. The summed E-state index contributed by atoms with van der Waals surface area (Å²) in [6.07, 6.45) is 0.823. The molecule has 4 N–H and O–H groups in total. The van der Waals surface area contributed by atoms with Gasteiger partial charge in [0, 0.05) is 20.3 Å². The summed E-state index contributed by atoms with van der Waals surface area (Å²) in [6.45, 7) is -2.65. The van der Waals surface area contributed by atoms with E-state index < -0.39 is 51.5 Å². The van der Waals surface area contributed by atoms with Crippen LogP contribution in [0.2, 0.25) is 0 Å². The highest BCUT2D eigenvalue weighted by atomic mass is 32.2. The summed E-state index contributed by atoms with van der Waals surface area (Å²) in [5.41, 5.74) is -3.69. The number of aliphatic hydroxyl groups excluding tert-OH is 3. The van der Waals surface area contributed by atoms with Crippen LogP contribution in [0.1, 0.15) is 0 Å². The van der Waals surface area contributed by atoms with E-state index in [1.165, 1.54) is 7.05 Å². The Morgan fingerprint density at radius 2 is 1.62 bits per heavy atom. The number of aryl methyl sites for hydroxylation is 1. The summed E-state index contributed by atoms with van der Waals surface area (Å²) in [5.74, 6) is 0. The van der Waals surface area contributed by atoms with Gasteiger partial charge in [-0.3, -0.25) is 9.36 Å². The first kappa shape index (κ1) is 17.5. The van der Waals surface area contributed by atoms with Crippen LogP contribution in [0.3, 0.4) is 0 Å². The van der Waals surface area contributed by atoms with Gasteiger partial charge in [-0.25, -0.2) is 13.2 Å². The molecular formula is C10H17N3O7S. The highest BCUT2D eigenvalue weighted by Crippen LogP contribution is 2.09. The fraction of sp³-hybridized carbons (Fsp3) is 0.600. The van der Waals surface area contributed by atoms with E-state index in [9.17, 15) is 18.0 Å². The van der Waals surface area contributed by atoms with Gasteiger partial charge < -0.3 is 19.9 Å². The van der Waals surface area contributed by atoms with Gasteiger partial charge in [-0.2, -0.15) is 4.72 Å². The summed E-state index contributed by atoms with van der Waals surface area (Å²) < 4.78 is 27.8. The Labute approximate surface area is 119 Å². The maximum Gasteiger partial charge on any atom is 0.330 e. The number of hydrogen-bond donors (Lipinski definition) is 4. The number of nitrogens with zero attached hydrogens (tertiary/aromatic N) is 2. The second-order valence-electron chi connectivity index (χ2n) is 4.61. The van der Waals surface area contributed by atoms with Gasteiger partial charge in [-0.05, 0) is 0 Å². The third-order valence-electron chi connectivity index (χ3n) is 2.96. The van der Waals surface area contributed by atoms with Crippen molar-refractivity contribution in [3.05, 3.63) is 27.0 Å². The smallest absolute Gasteiger partial charge is 0.330 e. The minimum atomic E-state index is -4.47. The zero-order valence-corrected chi connectivity index (χ0v) is 12.3. The number of sulfonamides is 1. The van der Waals surface area contributed by atoms with Crippen LogP contribution >= 0.6 is 0 Å². The molecule has 1 aromatic heterocycles. The predicted octanol–water partition coefficient (Wildman–Crippen LogP) is -3.92. The van der Waals surface area contributed by atoms with Crippen LogP contribution in [0.25, 0.3) is 0 Å². The monoisotopic (exact) mass is 323 g/mol. The fourth-order valence-corrected chi connectivity index (χ4v) is 3.08. The number of aliphatic hydroxyl groups is 3. The van der Waals surface area contributed by atoms with E-state index in [2.05, 4.69) is 0 Å². The minimum Gasteiger partial charge on any atom is -0.394 e. The van der Waals surface area contributed by atoms with Gasteiger partial charge in [0.15, 0.2) is 4.90 Å². The lowest BCUT2D eigenvalue weighted by Gasteiger charge is -2.28. The molecule has 21 heavy (non-hydrogen) atoms. The van der Waals surface area contributed by atoms with Crippen LogP contribution in [-0.4, -0.2) is 58.2 Å². The third-order valence-corrected chi connectivity index (χ3v) is 4.52. The first-order valence-corrected chi connectivity index (χ1v) is 7.25. The average molecular weight is 323 g/mol. The van der Waals surface area contributed by atoms with Gasteiger partial charge >= 0.3 is 5.69 Å². The predicted molar refractivity (Wildman–Crippen MR) is 71.2 cm³/mol. The molecule has 1 aromatic rings. The largest absolute Gasteiger partial charge is 0.394 e. The molecule has 0 aliphatic rings. The minimum absolute atomic E-state index is 0.604. The van der Waals surface area contributed by atoms with Gasteiger partial charge in [0.05, 0.1) is 19.8 Å². The fourth-order valence-electron chi connectivity index (χ4n) is 1.55. The normalized spacial score (nSPS) is 12.6. The number of aromatic nitrogens is 2. The molecule has 0 fully saturated rings. The number of nitrogens with one attached hydrogen (secondary N) is 1. The molecule has 0 aliphatic carbocycles. The van der Waals surface area contributed by atoms with Crippen LogP contribution < -0.4 is 16.0 Å². The summed E-state index contributed by atoms with van der Waals surface area (Å²) in [7, 11) is -2.10. The molecule has 0 amide bonds. The zero-order valence-electron chi connectivity index (χ0n) is 11.5. The van der Waals surface area contributed by atoms with Crippen LogP contribution in [0.15, 0.2) is 20.7 Å². The van der Waals surface area contributed by atoms with Gasteiger partial charge in [0.25, 0.3) is 5.56 Å². The maximum atomic E-state index is 12.2. The second-order valence-corrected chi connectivity index (χ2v) is 6.26. The van der Waals surface area contributed by atoms with Gasteiger partial charge in [0.2, 0.25) is 10.0 Å².